The van der Waals surface area contributed by atoms with Crippen LogP contribution in [-0.2, 0) is 5.75 Å². The number of nitro benzene ring substituents is 1. The quantitative estimate of drug-likeness (QED) is 0.241. The minimum absolute atomic E-state index is 0.0759. The van der Waals surface area contributed by atoms with Gasteiger partial charge in [-0.15, -0.1) is 11.8 Å². The van der Waals surface area contributed by atoms with Gasteiger partial charge in [0.15, 0.2) is 0 Å². The zero-order valence-electron chi connectivity index (χ0n) is 15.1. The van der Waals surface area contributed by atoms with Gasteiger partial charge in [-0.05, 0) is 48.0 Å². The summed E-state index contributed by atoms with van der Waals surface area (Å²) >= 11 is 7.56. The average Bonchev–Trinajstić information content (AvgIpc) is 2.74. The fraction of sp³-hybridized carbons (Fsp3) is 0.0476. The number of hydrogen-bond donors (Lipinski definition) is 1. The molecule has 0 spiro atoms. The summed E-state index contributed by atoms with van der Waals surface area (Å²) in [5.74, 6) is 0.371. The average molecular weight is 426 g/mol. The number of nitro groups is 1. The Labute approximate surface area is 176 Å². The van der Waals surface area contributed by atoms with Crippen LogP contribution < -0.4 is 5.43 Å². The Balaban J connectivity index is 1.56. The van der Waals surface area contributed by atoms with Gasteiger partial charge < -0.3 is 0 Å². The van der Waals surface area contributed by atoms with E-state index in [9.17, 15) is 14.9 Å². The standard InChI is InChI=1S/C21H16ClN3O3S/c22-18-9-11-19(12-10-18)29-14-15-5-7-16(8-6-15)21(26)24-23-13-17-3-1-2-4-20(17)25(27)28/h1-13H,14H2,(H,24,26)/b23-13-. The molecule has 0 fully saturated rings. The molecule has 0 bridgehead atoms. The van der Waals surface area contributed by atoms with Crippen LogP contribution in [0.3, 0.4) is 0 Å². The van der Waals surface area contributed by atoms with Gasteiger partial charge in [-0.1, -0.05) is 35.9 Å². The minimum Gasteiger partial charge on any atom is -0.267 e. The number of thioether (sulfide) groups is 1. The normalized spacial score (nSPS) is 10.8. The van der Waals surface area contributed by atoms with Gasteiger partial charge in [0.2, 0.25) is 0 Å². The van der Waals surface area contributed by atoms with Crippen molar-refractivity contribution in [1.82, 2.24) is 5.43 Å². The first kappa shape index (κ1) is 20.6. The lowest BCUT2D eigenvalue weighted by Gasteiger charge is -2.04. The van der Waals surface area contributed by atoms with Crippen LogP contribution in [0.5, 0.6) is 0 Å². The van der Waals surface area contributed by atoms with E-state index in [1.54, 1.807) is 42.1 Å². The highest BCUT2D eigenvalue weighted by Crippen LogP contribution is 2.24. The van der Waals surface area contributed by atoms with Crippen LogP contribution >= 0.6 is 23.4 Å². The summed E-state index contributed by atoms with van der Waals surface area (Å²) < 4.78 is 0. The van der Waals surface area contributed by atoms with Crippen LogP contribution in [0.25, 0.3) is 0 Å². The van der Waals surface area contributed by atoms with Crippen LogP contribution in [-0.4, -0.2) is 17.0 Å². The summed E-state index contributed by atoms with van der Waals surface area (Å²) in [6.07, 6.45) is 1.26. The number of para-hydroxylation sites is 1. The molecular weight excluding hydrogens is 410 g/mol. The summed E-state index contributed by atoms with van der Waals surface area (Å²) in [4.78, 5) is 23.8. The van der Waals surface area contributed by atoms with E-state index >= 15 is 0 Å². The van der Waals surface area contributed by atoms with E-state index in [1.807, 2.05) is 36.4 Å². The monoisotopic (exact) mass is 425 g/mol. The van der Waals surface area contributed by atoms with Crippen LogP contribution in [0, 0.1) is 10.1 Å². The molecule has 1 amide bonds. The van der Waals surface area contributed by atoms with Crippen molar-refractivity contribution in [3.63, 3.8) is 0 Å². The maximum Gasteiger partial charge on any atom is 0.278 e. The fourth-order valence-electron chi connectivity index (χ4n) is 2.44. The molecule has 6 nitrogen and oxygen atoms in total. The van der Waals surface area contributed by atoms with Crippen LogP contribution in [0.15, 0.2) is 82.8 Å². The molecule has 3 aromatic carbocycles. The molecule has 3 aromatic rings. The number of halogens is 1. The molecule has 0 aliphatic heterocycles. The SMILES string of the molecule is O=C(N/N=C\c1ccccc1[N+](=O)[O-])c1ccc(CSc2ccc(Cl)cc2)cc1. The van der Waals surface area contributed by atoms with Gasteiger partial charge in [0, 0.05) is 27.3 Å². The summed E-state index contributed by atoms with van der Waals surface area (Å²) in [5, 5.41) is 15.5. The summed E-state index contributed by atoms with van der Waals surface area (Å²) in [5.41, 5.74) is 4.15. The van der Waals surface area contributed by atoms with Crippen LogP contribution in [0.1, 0.15) is 21.5 Å². The third-order valence-electron chi connectivity index (χ3n) is 3.94. The van der Waals surface area contributed by atoms with Gasteiger partial charge in [-0.3, -0.25) is 14.9 Å². The zero-order chi connectivity index (χ0) is 20.6. The number of hydrazone groups is 1. The van der Waals surface area contributed by atoms with E-state index in [0.717, 1.165) is 16.2 Å². The zero-order valence-corrected chi connectivity index (χ0v) is 16.7. The molecule has 0 atom stereocenters. The third-order valence-corrected chi connectivity index (χ3v) is 5.27. The lowest BCUT2D eigenvalue weighted by Crippen LogP contribution is -2.17. The topological polar surface area (TPSA) is 84.6 Å². The Morgan fingerprint density at radius 1 is 1.07 bits per heavy atom. The summed E-state index contributed by atoms with van der Waals surface area (Å²) in [6.45, 7) is 0. The number of rotatable bonds is 7. The predicted molar refractivity (Wildman–Crippen MR) is 116 cm³/mol. The molecule has 0 heterocycles. The van der Waals surface area contributed by atoms with Crippen LogP contribution in [0.2, 0.25) is 5.02 Å². The van der Waals surface area contributed by atoms with Crippen molar-refractivity contribution in [3.05, 3.63) is 105 Å². The lowest BCUT2D eigenvalue weighted by molar-refractivity contribution is -0.385. The Kier molecular flexibility index (Phi) is 6.99. The number of carbonyl (C=O) groups excluding carboxylic acids is 1. The second-order valence-electron chi connectivity index (χ2n) is 5.95. The Hall–Kier alpha value is -3.16. The second kappa shape index (κ2) is 9.86. The molecule has 29 heavy (non-hydrogen) atoms. The van der Waals surface area contributed by atoms with Crippen molar-refractivity contribution in [2.75, 3.05) is 0 Å². The number of carbonyl (C=O) groups is 1. The van der Waals surface area contributed by atoms with E-state index in [0.29, 0.717) is 16.1 Å². The maximum absolute atomic E-state index is 12.2. The highest BCUT2D eigenvalue weighted by molar-refractivity contribution is 7.98. The van der Waals surface area contributed by atoms with E-state index in [-0.39, 0.29) is 5.69 Å². The minimum atomic E-state index is -0.496. The first-order valence-corrected chi connectivity index (χ1v) is 9.93. The van der Waals surface area contributed by atoms with Crippen molar-refractivity contribution in [2.24, 2.45) is 5.10 Å². The van der Waals surface area contributed by atoms with E-state index in [4.69, 9.17) is 11.6 Å². The van der Waals surface area contributed by atoms with Crippen molar-refractivity contribution < 1.29 is 9.72 Å². The first-order valence-electron chi connectivity index (χ1n) is 8.57. The van der Waals surface area contributed by atoms with Crippen molar-refractivity contribution in [1.29, 1.82) is 0 Å². The highest BCUT2D eigenvalue weighted by atomic mass is 35.5. The van der Waals surface area contributed by atoms with Gasteiger partial charge in [0.05, 0.1) is 16.7 Å². The van der Waals surface area contributed by atoms with Crippen LogP contribution in [0.4, 0.5) is 5.69 Å². The Bertz CT molecular complexity index is 1040. The summed E-state index contributed by atoms with van der Waals surface area (Å²) in [7, 11) is 0. The van der Waals surface area contributed by atoms with E-state index in [1.165, 1.54) is 12.3 Å². The number of nitrogens with one attached hydrogen (secondary N) is 1. The molecule has 3 rings (SSSR count). The predicted octanol–water partition coefficient (Wildman–Crippen LogP) is 5.30. The number of nitrogens with zero attached hydrogens (tertiary/aromatic N) is 2. The molecule has 0 radical (unpaired) electrons. The number of amides is 1. The van der Waals surface area contributed by atoms with Gasteiger partial charge in [0.1, 0.15) is 0 Å². The number of benzene rings is 3. The maximum atomic E-state index is 12.2. The molecule has 0 aromatic heterocycles. The Morgan fingerprint density at radius 3 is 2.45 bits per heavy atom. The molecule has 0 aliphatic rings. The Morgan fingerprint density at radius 2 is 1.76 bits per heavy atom. The molecule has 0 saturated heterocycles. The molecule has 0 unspecified atom stereocenters. The first-order chi connectivity index (χ1) is 14.0. The van der Waals surface area contributed by atoms with Crippen molar-refractivity contribution in [2.45, 2.75) is 10.6 Å². The van der Waals surface area contributed by atoms with Gasteiger partial charge in [-0.2, -0.15) is 5.10 Å². The second-order valence-corrected chi connectivity index (χ2v) is 7.44. The smallest absolute Gasteiger partial charge is 0.267 e. The van der Waals surface area contributed by atoms with E-state index < -0.39 is 10.8 Å². The highest BCUT2D eigenvalue weighted by Gasteiger charge is 2.10. The summed E-state index contributed by atoms with van der Waals surface area (Å²) in [6, 6.07) is 21.0. The lowest BCUT2D eigenvalue weighted by atomic mass is 10.1. The molecule has 146 valence electrons. The van der Waals surface area contributed by atoms with Gasteiger partial charge in [-0.25, -0.2) is 5.43 Å². The molecule has 1 N–H and O–H groups in total. The van der Waals surface area contributed by atoms with E-state index in [2.05, 4.69) is 10.5 Å². The molecular formula is C21H16ClN3O3S. The van der Waals surface area contributed by atoms with Gasteiger partial charge >= 0.3 is 0 Å². The molecule has 8 heteroatoms. The molecule has 0 aliphatic carbocycles. The fourth-order valence-corrected chi connectivity index (χ4v) is 3.42. The molecule has 0 saturated carbocycles. The van der Waals surface area contributed by atoms with Crippen molar-refractivity contribution >= 4 is 41.2 Å². The number of hydrogen-bond acceptors (Lipinski definition) is 5. The van der Waals surface area contributed by atoms with Gasteiger partial charge in [0.25, 0.3) is 11.6 Å². The third kappa shape index (κ3) is 5.91. The largest absolute Gasteiger partial charge is 0.278 e. The van der Waals surface area contributed by atoms with Crippen molar-refractivity contribution in [3.8, 4) is 0 Å².